The van der Waals surface area contributed by atoms with Gasteiger partial charge in [-0.1, -0.05) is 0 Å². The molecule has 1 saturated carbocycles. The van der Waals surface area contributed by atoms with Crippen LogP contribution < -0.4 is 0 Å². The van der Waals surface area contributed by atoms with Gasteiger partial charge in [0.1, 0.15) is 4.75 Å². The van der Waals surface area contributed by atoms with Crippen molar-refractivity contribution in [3.8, 4) is 0 Å². The van der Waals surface area contributed by atoms with E-state index in [1.165, 1.54) is 12.0 Å². The van der Waals surface area contributed by atoms with Crippen molar-refractivity contribution < 1.29 is 26.7 Å². The Morgan fingerprint density at radius 3 is 2.48 bits per heavy atom. The number of halogens is 2. The maximum absolute atomic E-state index is 12.8. The van der Waals surface area contributed by atoms with Gasteiger partial charge in [-0.25, -0.2) is 17.2 Å². The molecule has 21 heavy (non-hydrogen) atoms. The van der Waals surface area contributed by atoms with Gasteiger partial charge in [0.15, 0.2) is 9.84 Å². The molecule has 2 aliphatic heterocycles. The summed E-state index contributed by atoms with van der Waals surface area (Å²) in [6.45, 7) is 0.608. The Kier molecular flexibility index (Phi) is 3.33. The third kappa shape index (κ3) is 2.18. The maximum Gasteiger partial charge on any atom is 0.249 e. The molecule has 8 heteroatoms. The zero-order valence-electron chi connectivity index (χ0n) is 11.8. The molecule has 0 bridgehead atoms. The van der Waals surface area contributed by atoms with E-state index in [-0.39, 0.29) is 30.7 Å². The number of nitrogens with zero attached hydrogens (tertiary/aromatic N) is 1. The van der Waals surface area contributed by atoms with Gasteiger partial charge in [-0.15, -0.1) is 0 Å². The second kappa shape index (κ2) is 4.62. The summed E-state index contributed by atoms with van der Waals surface area (Å²) in [5.74, 6) is -3.71. The van der Waals surface area contributed by atoms with E-state index in [4.69, 9.17) is 4.74 Å². The predicted molar refractivity (Wildman–Crippen MR) is 70.8 cm³/mol. The normalized spacial score (nSPS) is 32.7. The summed E-state index contributed by atoms with van der Waals surface area (Å²) >= 11 is 0. The molecule has 1 unspecified atom stereocenters. The average Bonchev–Trinajstić information content (AvgIpc) is 2.56. The Bertz CT molecular complexity index is 549. The van der Waals surface area contributed by atoms with Gasteiger partial charge in [0.2, 0.25) is 11.8 Å². The highest BCUT2D eigenvalue weighted by molar-refractivity contribution is 7.93. The molecule has 0 aromatic heterocycles. The molecule has 0 aromatic carbocycles. The second-order valence-electron chi connectivity index (χ2n) is 6.48. The van der Waals surface area contributed by atoms with Crippen molar-refractivity contribution in [3.05, 3.63) is 0 Å². The van der Waals surface area contributed by atoms with Gasteiger partial charge in [0, 0.05) is 44.9 Å². The minimum Gasteiger partial charge on any atom is -0.384 e. The van der Waals surface area contributed by atoms with Crippen molar-refractivity contribution in [2.45, 2.75) is 29.9 Å². The van der Waals surface area contributed by atoms with Gasteiger partial charge in [-0.05, 0) is 6.42 Å². The molecule has 120 valence electrons. The summed E-state index contributed by atoms with van der Waals surface area (Å²) in [7, 11) is -1.72. The number of carbonyl (C=O) groups is 1. The Morgan fingerprint density at radius 2 is 1.95 bits per heavy atom. The van der Waals surface area contributed by atoms with Crippen LogP contribution in [0.5, 0.6) is 0 Å². The van der Waals surface area contributed by atoms with Crippen molar-refractivity contribution in [1.82, 2.24) is 4.90 Å². The molecule has 3 aliphatic rings. The van der Waals surface area contributed by atoms with Crippen LogP contribution in [0.3, 0.4) is 0 Å². The van der Waals surface area contributed by atoms with Crippen LogP contribution in [0.2, 0.25) is 0 Å². The standard InChI is InChI=1S/C13H19F2NO4S/c1-20-6-10-2-3-21(18,19)12(10)7-16(8-12)11(17)9-4-13(14,15)5-9/h9-10H,2-8H2,1H3. The Balaban J connectivity index is 1.67. The van der Waals surface area contributed by atoms with Gasteiger partial charge in [0.25, 0.3) is 0 Å². The van der Waals surface area contributed by atoms with E-state index < -0.39 is 39.3 Å². The minimum atomic E-state index is -3.25. The van der Waals surface area contributed by atoms with Crippen LogP contribution in [0.1, 0.15) is 19.3 Å². The van der Waals surface area contributed by atoms with Gasteiger partial charge in [0.05, 0.1) is 12.4 Å². The van der Waals surface area contributed by atoms with Gasteiger partial charge in [-0.3, -0.25) is 4.79 Å². The molecule has 1 amide bonds. The molecular formula is C13H19F2NO4S. The van der Waals surface area contributed by atoms with E-state index in [2.05, 4.69) is 0 Å². The van der Waals surface area contributed by atoms with Crippen LogP contribution >= 0.6 is 0 Å². The summed E-state index contributed by atoms with van der Waals surface area (Å²) < 4.78 is 54.4. The summed E-state index contributed by atoms with van der Waals surface area (Å²) in [6.07, 6.45) is -0.285. The molecule has 1 atom stereocenters. The number of sulfone groups is 1. The molecule has 2 saturated heterocycles. The van der Waals surface area contributed by atoms with E-state index in [0.717, 1.165) is 0 Å². The van der Waals surface area contributed by atoms with Crippen molar-refractivity contribution in [2.24, 2.45) is 11.8 Å². The number of rotatable bonds is 3. The number of carbonyl (C=O) groups excluding carboxylic acids is 1. The number of hydrogen-bond acceptors (Lipinski definition) is 4. The number of amides is 1. The van der Waals surface area contributed by atoms with Crippen molar-refractivity contribution in [1.29, 1.82) is 0 Å². The molecular weight excluding hydrogens is 304 g/mol. The molecule has 3 fully saturated rings. The molecule has 0 N–H and O–H groups in total. The fourth-order valence-corrected chi connectivity index (χ4v) is 6.16. The summed E-state index contributed by atoms with van der Waals surface area (Å²) in [5.41, 5.74) is 0. The van der Waals surface area contributed by atoms with Crippen LogP contribution in [0, 0.1) is 11.8 Å². The first kappa shape index (κ1) is 15.1. The molecule has 2 heterocycles. The predicted octanol–water partition coefficient (Wildman–Crippen LogP) is 0.694. The lowest BCUT2D eigenvalue weighted by Crippen LogP contribution is -2.70. The highest BCUT2D eigenvalue weighted by Crippen LogP contribution is 2.48. The SMILES string of the molecule is COCC1CCS(=O)(=O)C12CN(C(=O)C1CC(F)(F)C1)C2. The quantitative estimate of drug-likeness (QED) is 0.767. The first-order valence-corrected chi connectivity index (χ1v) is 8.74. The molecule has 5 nitrogen and oxygen atoms in total. The third-order valence-electron chi connectivity index (χ3n) is 5.13. The minimum absolute atomic E-state index is 0.112. The fourth-order valence-electron chi connectivity index (χ4n) is 3.76. The highest BCUT2D eigenvalue weighted by Gasteiger charge is 2.63. The zero-order chi connectivity index (χ0) is 15.5. The summed E-state index contributed by atoms with van der Waals surface area (Å²) in [4.78, 5) is 13.5. The Morgan fingerprint density at radius 1 is 1.33 bits per heavy atom. The third-order valence-corrected chi connectivity index (χ3v) is 7.74. The van der Waals surface area contributed by atoms with Crippen LogP contribution in [-0.4, -0.2) is 62.5 Å². The van der Waals surface area contributed by atoms with Crippen LogP contribution in [0.4, 0.5) is 8.78 Å². The second-order valence-corrected chi connectivity index (χ2v) is 8.93. The number of alkyl halides is 2. The van der Waals surface area contributed by atoms with Gasteiger partial charge < -0.3 is 9.64 Å². The van der Waals surface area contributed by atoms with E-state index >= 15 is 0 Å². The average molecular weight is 323 g/mol. The van der Waals surface area contributed by atoms with Gasteiger partial charge in [-0.2, -0.15) is 0 Å². The fraction of sp³-hybridized carbons (Fsp3) is 0.923. The topological polar surface area (TPSA) is 63.7 Å². The summed E-state index contributed by atoms with van der Waals surface area (Å²) in [5, 5.41) is 0. The lowest BCUT2D eigenvalue weighted by Gasteiger charge is -2.51. The summed E-state index contributed by atoms with van der Waals surface area (Å²) in [6, 6.07) is 0. The molecule has 0 radical (unpaired) electrons. The van der Waals surface area contributed by atoms with E-state index in [1.54, 1.807) is 0 Å². The van der Waals surface area contributed by atoms with Crippen LogP contribution in [-0.2, 0) is 19.4 Å². The largest absolute Gasteiger partial charge is 0.384 e. The van der Waals surface area contributed by atoms with E-state index in [1.807, 2.05) is 0 Å². The van der Waals surface area contributed by atoms with Crippen LogP contribution in [0.15, 0.2) is 0 Å². The lowest BCUT2D eigenvalue weighted by molar-refractivity contribution is -0.165. The van der Waals surface area contributed by atoms with Crippen molar-refractivity contribution in [3.63, 3.8) is 0 Å². The molecule has 3 rings (SSSR count). The number of likely N-dealkylation sites (tertiary alicyclic amines) is 1. The van der Waals surface area contributed by atoms with Crippen LogP contribution in [0.25, 0.3) is 0 Å². The zero-order valence-corrected chi connectivity index (χ0v) is 12.7. The first-order chi connectivity index (χ1) is 9.71. The Hall–Kier alpha value is -0.760. The first-order valence-electron chi connectivity index (χ1n) is 7.09. The lowest BCUT2D eigenvalue weighted by atomic mass is 9.77. The molecule has 0 aromatic rings. The molecule has 1 aliphatic carbocycles. The number of hydrogen-bond donors (Lipinski definition) is 0. The van der Waals surface area contributed by atoms with Crippen molar-refractivity contribution in [2.75, 3.05) is 32.6 Å². The Labute approximate surface area is 122 Å². The monoisotopic (exact) mass is 323 g/mol. The van der Waals surface area contributed by atoms with E-state index in [9.17, 15) is 22.0 Å². The van der Waals surface area contributed by atoms with Crippen molar-refractivity contribution >= 4 is 15.7 Å². The maximum atomic E-state index is 12.8. The van der Waals surface area contributed by atoms with E-state index in [0.29, 0.717) is 13.0 Å². The van der Waals surface area contributed by atoms with Gasteiger partial charge >= 0.3 is 0 Å². The smallest absolute Gasteiger partial charge is 0.249 e. The highest BCUT2D eigenvalue weighted by atomic mass is 32.2. The number of ether oxygens (including phenoxy) is 1. The number of methoxy groups -OCH3 is 1. The molecule has 1 spiro atoms.